The third-order valence-corrected chi connectivity index (χ3v) is 5.70. The van der Waals surface area contributed by atoms with Crippen LogP contribution in [0.5, 0.6) is 0 Å². The van der Waals surface area contributed by atoms with E-state index in [0.29, 0.717) is 5.92 Å². The van der Waals surface area contributed by atoms with Crippen LogP contribution in [-0.2, 0) is 12.8 Å². The predicted octanol–water partition coefficient (Wildman–Crippen LogP) is 4.75. The van der Waals surface area contributed by atoms with Crippen LogP contribution in [0.3, 0.4) is 0 Å². The SMILES string of the molecule is Cl.OC1Cc2ccccc2CC1NCCC(c1ccccc1)c1ccccc1. The maximum absolute atomic E-state index is 10.6. The van der Waals surface area contributed by atoms with Gasteiger partial charge in [-0.15, -0.1) is 12.4 Å². The number of nitrogens with one attached hydrogen (secondary N) is 1. The summed E-state index contributed by atoms with van der Waals surface area (Å²) in [5.74, 6) is 0.368. The van der Waals surface area contributed by atoms with Crippen LogP contribution < -0.4 is 5.32 Å². The summed E-state index contributed by atoms with van der Waals surface area (Å²) < 4.78 is 0. The fourth-order valence-electron chi connectivity index (χ4n) is 4.21. The molecule has 146 valence electrons. The van der Waals surface area contributed by atoms with Crippen LogP contribution in [0.4, 0.5) is 0 Å². The average Bonchev–Trinajstić information content (AvgIpc) is 2.73. The summed E-state index contributed by atoms with van der Waals surface area (Å²) in [6.07, 6.45) is 2.35. The van der Waals surface area contributed by atoms with Crippen LogP contribution in [0.25, 0.3) is 0 Å². The van der Waals surface area contributed by atoms with Crippen LogP contribution in [0.2, 0.25) is 0 Å². The van der Waals surface area contributed by atoms with E-state index in [2.05, 4.69) is 90.2 Å². The Morgan fingerprint density at radius 3 is 1.82 bits per heavy atom. The molecule has 0 saturated carbocycles. The lowest BCUT2D eigenvalue weighted by molar-refractivity contribution is 0.119. The Balaban J connectivity index is 0.00000225. The number of aliphatic hydroxyl groups excluding tert-OH is 1. The molecule has 3 aromatic rings. The van der Waals surface area contributed by atoms with Crippen LogP contribution in [-0.4, -0.2) is 23.8 Å². The molecule has 0 heterocycles. The van der Waals surface area contributed by atoms with E-state index in [-0.39, 0.29) is 24.6 Å². The van der Waals surface area contributed by atoms with Gasteiger partial charge in [0.05, 0.1) is 6.10 Å². The van der Waals surface area contributed by atoms with E-state index in [1.165, 1.54) is 22.3 Å². The molecule has 3 heteroatoms. The molecule has 28 heavy (non-hydrogen) atoms. The molecule has 0 spiro atoms. The Bertz CT molecular complexity index is 813. The van der Waals surface area contributed by atoms with Gasteiger partial charge in [-0.3, -0.25) is 0 Å². The minimum absolute atomic E-state index is 0. The number of hydrogen-bond acceptors (Lipinski definition) is 2. The van der Waals surface area contributed by atoms with Crippen molar-refractivity contribution in [3.63, 3.8) is 0 Å². The van der Waals surface area contributed by atoms with Gasteiger partial charge >= 0.3 is 0 Å². The molecule has 2 unspecified atom stereocenters. The fraction of sp³-hybridized carbons (Fsp3) is 0.280. The van der Waals surface area contributed by atoms with E-state index >= 15 is 0 Å². The van der Waals surface area contributed by atoms with Crippen molar-refractivity contribution in [1.29, 1.82) is 0 Å². The first-order valence-corrected chi connectivity index (χ1v) is 9.89. The highest BCUT2D eigenvalue weighted by Gasteiger charge is 2.26. The molecule has 0 aliphatic heterocycles. The monoisotopic (exact) mass is 393 g/mol. The van der Waals surface area contributed by atoms with Gasteiger partial charge in [0, 0.05) is 18.4 Å². The summed E-state index contributed by atoms with van der Waals surface area (Å²) in [4.78, 5) is 0. The highest BCUT2D eigenvalue weighted by atomic mass is 35.5. The van der Waals surface area contributed by atoms with Crippen molar-refractivity contribution in [2.45, 2.75) is 37.3 Å². The quantitative estimate of drug-likeness (QED) is 0.633. The van der Waals surface area contributed by atoms with E-state index < -0.39 is 0 Å². The highest BCUT2D eigenvalue weighted by Crippen LogP contribution is 2.28. The Labute approximate surface area is 174 Å². The molecule has 2 N–H and O–H groups in total. The van der Waals surface area contributed by atoms with E-state index in [1.54, 1.807) is 0 Å². The zero-order chi connectivity index (χ0) is 18.5. The number of halogens is 1. The minimum atomic E-state index is -0.313. The molecule has 0 fully saturated rings. The summed E-state index contributed by atoms with van der Waals surface area (Å²) in [6, 6.07) is 30.0. The Kier molecular flexibility index (Phi) is 7.27. The van der Waals surface area contributed by atoms with Crippen molar-refractivity contribution in [1.82, 2.24) is 5.32 Å². The second-order valence-electron chi connectivity index (χ2n) is 7.47. The van der Waals surface area contributed by atoms with Crippen molar-refractivity contribution in [3.05, 3.63) is 107 Å². The molecule has 4 rings (SSSR count). The van der Waals surface area contributed by atoms with Gasteiger partial charge in [-0.05, 0) is 41.6 Å². The number of benzene rings is 3. The average molecular weight is 394 g/mol. The molecule has 2 nitrogen and oxygen atoms in total. The van der Waals surface area contributed by atoms with Crippen LogP contribution in [0, 0.1) is 0 Å². The number of aliphatic hydroxyl groups is 1. The second-order valence-corrected chi connectivity index (χ2v) is 7.47. The van der Waals surface area contributed by atoms with Gasteiger partial charge in [-0.2, -0.15) is 0 Å². The minimum Gasteiger partial charge on any atom is -0.391 e. The smallest absolute Gasteiger partial charge is 0.0736 e. The van der Waals surface area contributed by atoms with E-state index in [1.807, 2.05) is 0 Å². The fourth-order valence-corrected chi connectivity index (χ4v) is 4.21. The zero-order valence-corrected chi connectivity index (χ0v) is 16.8. The van der Waals surface area contributed by atoms with E-state index in [0.717, 1.165) is 25.8 Å². The molecule has 2 atom stereocenters. The maximum atomic E-state index is 10.6. The molecular weight excluding hydrogens is 366 g/mol. The van der Waals surface area contributed by atoms with Crippen molar-refractivity contribution in [2.24, 2.45) is 0 Å². The summed E-state index contributed by atoms with van der Waals surface area (Å²) in [6.45, 7) is 0.887. The Morgan fingerprint density at radius 2 is 1.25 bits per heavy atom. The van der Waals surface area contributed by atoms with Crippen molar-refractivity contribution >= 4 is 12.4 Å². The molecule has 0 bridgehead atoms. The topological polar surface area (TPSA) is 32.3 Å². The third-order valence-electron chi connectivity index (χ3n) is 5.70. The molecule has 0 aromatic heterocycles. The van der Waals surface area contributed by atoms with Crippen LogP contribution in [0.1, 0.15) is 34.6 Å². The van der Waals surface area contributed by atoms with Gasteiger partial charge in [-0.25, -0.2) is 0 Å². The Morgan fingerprint density at radius 1 is 0.750 bits per heavy atom. The zero-order valence-electron chi connectivity index (χ0n) is 16.0. The second kappa shape index (κ2) is 9.88. The van der Waals surface area contributed by atoms with Gasteiger partial charge in [0.1, 0.15) is 0 Å². The lowest BCUT2D eigenvalue weighted by Gasteiger charge is -2.31. The summed E-state index contributed by atoms with van der Waals surface area (Å²) in [5.41, 5.74) is 5.34. The molecule has 0 saturated heterocycles. The van der Waals surface area contributed by atoms with Crippen LogP contribution >= 0.6 is 12.4 Å². The van der Waals surface area contributed by atoms with Gasteiger partial charge in [0.2, 0.25) is 0 Å². The normalized spacial score (nSPS) is 18.4. The molecule has 3 aromatic carbocycles. The van der Waals surface area contributed by atoms with Gasteiger partial charge in [0.15, 0.2) is 0 Å². The number of hydrogen-bond donors (Lipinski definition) is 2. The lowest BCUT2D eigenvalue weighted by atomic mass is 9.85. The highest BCUT2D eigenvalue weighted by molar-refractivity contribution is 5.85. The number of rotatable bonds is 6. The molecule has 0 radical (unpaired) electrons. The lowest BCUT2D eigenvalue weighted by Crippen LogP contribution is -2.46. The van der Waals surface area contributed by atoms with Crippen LogP contribution in [0.15, 0.2) is 84.9 Å². The molecule has 0 amide bonds. The molecule has 1 aliphatic carbocycles. The standard InChI is InChI=1S/C25H27NO.ClH/c27-25-18-22-14-8-7-13-21(22)17-24(25)26-16-15-23(19-9-3-1-4-10-19)20-11-5-2-6-12-20;/h1-14,23-27H,15-18H2;1H. The predicted molar refractivity (Wildman–Crippen MR) is 118 cm³/mol. The van der Waals surface area contributed by atoms with Gasteiger partial charge < -0.3 is 10.4 Å². The summed E-state index contributed by atoms with van der Waals surface area (Å²) in [7, 11) is 0. The van der Waals surface area contributed by atoms with E-state index in [9.17, 15) is 5.11 Å². The first-order chi connectivity index (χ1) is 13.3. The maximum Gasteiger partial charge on any atom is 0.0736 e. The van der Waals surface area contributed by atoms with Crippen molar-refractivity contribution < 1.29 is 5.11 Å². The summed E-state index contributed by atoms with van der Waals surface area (Å²) >= 11 is 0. The largest absolute Gasteiger partial charge is 0.391 e. The third kappa shape index (κ3) is 4.82. The Hall–Kier alpha value is -2.13. The first kappa shape index (κ1) is 20.6. The summed E-state index contributed by atoms with van der Waals surface area (Å²) in [5, 5.41) is 14.2. The van der Waals surface area contributed by atoms with E-state index in [4.69, 9.17) is 0 Å². The van der Waals surface area contributed by atoms with Crippen molar-refractivity contribution in [3.8, 4) is 0 Å². The number of fused-ring (bicyclic) bond motifs is 1. The van der Waals surface area contributed by atoms with Gasteiger partial charge in [0.25, 0.3) is 0 Å². The van der Waals surface area contributed by atoms with Gasteiger partial charge in [-0.1, -0.05) is 84.9 Å². The molecule has 1 aliphatic rings. The first-order valence-electron chi connectivity index (χ1n) is 9.89. The van der Waals surface area contributed by atoms with Crippen molar-refractivity contribution in [2.75, 3.05) is 6.54 Å². The molecular formula is C25H28ClNO.